The Kier molecular flexibility index (Phi) is 5.13. The van der Waals surface area contributed by atoms with Gasteiger partial charge in [0, 0.05) is 29.9 Å². The molecule has 3 aliphatic rings. The Labute approximate surface area is 156 Å². The lowest BCUT2D eigenvalue weighted by molar-refractivity contribution is 0.0209. The largest absolute Gasteiger partial charge is 0.494 e. The highest BCUT2D eigenvalue weighted by Gasteiger charge is 2.44. The van der Waals surface area contributed by atoms with Gasteiger partial charge in [0.15, 0.2) is 5.11 Å². The summed E-state index contributed by atoms with van der Waals surface area (Å²) in [6.07, 6.45) is 9.44. The lowest BCUT2D eigenvalue weighted by Crippen LogP contribution is -2.57. The molecule has 0 aromatic heterocycles. The van der Waals surface area contributed by atoms with Crippen molar-refractivity contribution in [2.24, 2.45) is 0 Å². The number of nitrogens with zero attached hydrogens (tertiary/aromatic N) is 1. The van der Waals surface area contributed by atoms with Crippen LogP contribution in [0.15, 0.2) is 24.3 Å². The molecule has 2 saturated heterocycles. The zero-order valence-corrected chi connectivity index (χ0v) is 15.9. The van der Waals surface area contributed by atoms with E-state index in [0.29, 0.717) is 12.6 Å². The van der Waals surface area contributed by atoms with Crippen molar-refractivity contribution in [1.82, 2.24) is 10.2 Å². The molecule has 1 aromatic rings. The fourth-order valence-electron chi connectivity index (χ4n) is 4.66. The molecule has 4 nitrogen and oxygen atoms in total. The number of thiocarbonyl (C=S) groups is 1. The second kappa shape index (κ2) is 7.50. The molecule has 2 heterocycles. The zero-order valence-electron chi connectivity index (χ0n) is 15.0. The molecule has 136 valence electrons. The third-order valence-corrected chi connectivity index (χ3v) is 5.98. The fraction of sp³-hybridized carbons (Fsp3) is 0.650. The van der Waals surface area contributed by atoms with Gasteiger partial charge in [-0.15, -0.1) is 0 Å². The molecular formula is C20H29N3OS. The van der Waals surface area contributed by atoms with Crippen molar-refractivity contribution < 1.29 is 4.74 Å². The maximum atomic E-state index is 5.56. The van der Waals surface area contributed by atoms with Crippen LogP contribution < -0.4 is 15.4 Å². The maximum Gasteiger partial charge on any atom is 0.170 e. The van der Waals surface area contributed by atoms with Crippen molar-refractivity contribution in [2.75, 3.05) is 11.9 Å². The molecule has 0 amide bonds. The molecule has 2 N–H and O–H groups in total. The summed E-state index contributed by atoms with van der Waals surface area (Å²) in [5.74, 6) is 0.896. The standard InChI is InChI=1S/C20H29N3OS/c1-2-24-19-10-6-14(7-11-19)21-20(25)22-15-12-17-4-3-5-18(13-15)23(17)16-8-9-16/h6-7,10-11,15-18H,2-5,8-9,12-13H2,1H3,(H2,21,22,25). The van der Waals surface area contributed by atoms with Crippen LogP contribution in [0.3, 0.4) is 0 Å². The van der Waals surface area contributed by atoms with Crippen molar-refractivity contribution >= 4 is 23.0 Å². The zero-order chi connectivity index (χ0) is 17.2. The number of hydrogen-bond acceptors (Lipinski definition) is 3. The summed E-state index contributed by atoms with van der Waals surface area (Å²) in [5, 5.41) is 7.64. The minimum Gasteiger partial charge on any atom is -0.494 e. The van der Waals surface area contributed by atoms with E-state index in [-0.39, 0.29) is 0 Å². The summed E-state index contributed by atoms with van der Waals surface area (Å²) in [7, 11) is 0. The normalized spacial score (nSPS) is 29.1. The molecule has 2 atom stereocenters. The topological polar surface area (TPSA) is 36.5 Å². The third-order valence-electron chi connectivity index (χ3n) is 5.76. The van der Waals surface area contributed by atoms with Crippen LogP contribution in [0.1, 0.15) is 51.9 Å². The van der Waals surface area contributed by atoms with Crippen LogP contribution in [-0.4, -0.2) is 40.8 Å². The minimum atomic E-state index is 0.507. The van der Waals surface area contributed by atoms with Gasteiger partial charge in [0.1, 0.15) is 5.75 Å². The van der Waals surface area contributed by atoms with Gasteiger partial charge in [0.25, 0.3) is 0 Å². The van der Waals surface area contributed by atoms with Gasteiger partial charge < -0.3 is 15.4 Å². The van der Waals surface area contributed by atoms with Crippen molar-refractivity contribution in [2.45, 2.75) is 76.0 Å². The van der Waals surface area contributed by atoms with E-state index in [9.17, 15) is 0 Å². The Balaban J connectivity index is 1.30. The lowest BCUT2D eigenvalue weighted by Gasteiger charge is -2.49. The molecule has 1 aliphatic carbocycles. The van der Waals surface area contributed by atoms with Crippen LogP contribution in [0.2, 0.25) is 0 Å². The average molecular weight is 360 g/mol. The molecule has 4 rings (SSSR count). The molecule has 0 spiro atoms. The lowest BCUT2D eigenvalue weighted by atomic mass is 9.81. The van der Waals surface area contributed by atoms with E-state index in [1.165, 1.54) is 44.9 Å². The highest BCUT2D eigenvalue weighted by molar-refractivity contribution is 7.80. The second-order valence-corrected chi connectivity index (χ2v) is 8.05. The molecule has 1 saturated carbocycles. The molecule has 0 radical (unpaired) electrons. The number of anilines is 1. The molecule has 2 bridgehead atoms. The minimum absolute atomic E-state index is 0.507. The van der Waals surface area contributed by atoms with E-state index < -0.39 is 0 Å². The number of piperidine rings is 2. The van der Waals surface area contributed by atoms with Gasteiger partial charge in [-0.3, -0.25) is 4.90 Å². The molecule has 2 unspecified atom stereocenters. The molecular weight excluding hydrogens is 330 g/mol. The fourth-order valence-corrected chi connectivity index (χ4v) is 4.94. The van der Waals surface area contributed by atoms with Crippen molar-refractivity contribution in [1.29, 1.82) is 0 Å². The third kappa shape index (κ3) is 4.09. The maximum absolute atomic E-state index is 5.56. The molecule has 1 aromatic carbocycles. The monoisotopic (exact) mass is 359 g/mol. The number of benzene rings is 1. The van der Waals surface area contributed by atoms with Crippen LogP contribution >= 0.6 is 12.2 Å². The van der Waals surface area contributed by atoms with Gasteiger partial charge in [-0.1, -0.05) is 6.42 Å². The molecule has 2 aliphatic heterocycles. The average Bonchev–Trinajstić information content (AvgIpc) is 3.41. The van der Waals surface area contributed by atoms with E-state index in [1.54, 1.807) is 0 Å². The highest BCUT2D eigenvalue weighted by atomic mass is 32.1. The number of fused-ring (bicyclic) bond motifs is 2. The molecule has 25 heavy (non-hydrogen) atoms. The van der Waals surface area contributed by atoms with E-state index in [4.69, 9.17) is 17.0 Å². The van der Waals surface area contributed by atoms with E-state index in [1.807, 2.05) is 31.2 Å². The van der Waals surface area contributed by atoms with E-state index in [2.05, 4.69) is 15.5 Å². The van der Waals surface area contributed by atoms with Gasteiger partial charge in [0.05, 0.1) is 6.61 Å². The van der Waals surface area contributed by atoms with Crippen LogP contribution in [0.4, 0.5) is 5.69 Å². The van der Waals surface area contributed by atoms with Crippen LogP contribution in [0.25, 0.3) is 0 Å². The first-order valence-electron chi connectivity index (χ1n) is 9.80. The molecule has 5 heteroatoms. The number of hydrogen-bond donors (Lipinski definition) is 2. The Morgan fingerprint density at radius 3 is 2.36 bits per heavy atom. The Morgan fingerprint density at radius 1 is 1.08 bits per heavy atom. The van der Waals surface area contributed by atoms with Crippen LogP contribution in [0.5, 0.6) is 5.75 Å². The summed E-state index contributed by atoms with van der Waals surface area (Å²) >= 11 is 5.56. The van der Waals surface area contributed by atoms with Gasteiger partial charge in [-0.25, -0.2) is 0 Å². The number of ether oxygens (including phenoxy) is 1. The Morgan fingerprint density at radius 2 is 1.76 bits per heavy atom. The van der Waals surface area contributed by atoms with Gasteiger partial charge >= 0.3 is 0 Å². The van der Waals surface area contributed by atoms with Crippen LogP contribution in [0, 0.1) is 0 Å². The van der Waals surface area contributed by atoms with Gasteiger partial charge in [0.2, 0.25) is 0 Å². The first kappa shape index (κ1) is 17.1. The van der Waals surface area contributed by atoms with Gasteiger partial charge in [-0.2, -0.15) is 0 Å². The Bertz CT molecular complexity index is 587. The molecule has 3 fully saturated rings. The predicted octanol–water partition coefficient (Wildman–Crippen LogP) is 3.92. The first-order valence-corrected chi connectivity index (χ1v) is 10.2. The highest BCUT2D eigenvalue weighted by Crippen LogP contribution is 2.41. The summed E-state index contributed by atoms with van der Waals surface area (Å²) < 4.78 is 5.48. The predicted molar refractivity (Wildman–Crippen MR) is 106 cm³/mol. The second-order valence-electron chi connectivity index (χ2n) is 7.64. The van der Waals surface area contributed by atoms with Gasteiger partial charge in [-0.05, 0) is 81.9 Å². The van der Waals surface area contributed by atoms with E-state index >= 15 is 0 Å². The van der Waals surface area contributed by atoms with Crippen molar-refractivity contribution in [3.8, 4) is 5.75 Å². The smallest absolute Gasteiger partial charge is 0.170 e. The van der Waals surface area contributed by atoms with E-state index in [0.717, 1.165) is 34.7 Å². The summed E-state index contributed by atoms with van der Waals surface area (Å²) in [5.41, 5.74) is 1.01. The summed E-state index contributed by atoms with van der Waals surface area (Å²) in [4.78, 5) is 2.85. The van der Waals surface area contributed by atoms with Crippen LogP contribution in [-0.2, 0) is 0 Å². The first-order chi connectivity index (χ1) is 12.2. The summed E-state index contributed by atoms with van der Waals surface area (Å²) in [6, 6.07) is 10.9. The number of nitrogens with one attached hydrogen (secondary N) is 2. The quantitative estimate of drug-likeness (QED) is 0.780. The SMILES string of the molecule is CCOc1ccc(NC(=S)NC2CC3CCCC(C2)N3C2CC2)cc1. The number of rotatable bonds is 5. The van der Waals surface area contributed by atoms with Crippen molar-refractivity contribution in [3.63, 3.8) is 0 Å². The summed E-state index contributed by atoms with van der Waals surface area (Å²) in [6.45, 7) is 2.68. The Hall–Kier alpha value is -1.33. The van der Waals surface area contributed by atoms with Crippen molar-refractivity contribution in [3.05, 3.63) is 24.3 Å².